The van der Waals surface area contributed by atoms with E-state index in [1.165, 1.54) is 32.1 Å². The molecular formula is C18H20O3. The lowest BCUT2D eigenvalue weighted by Crippen LogP contribution is -2.60. The van der Waals surface area contributed by atoms with Crippen molar-refractivity contribution in [3.05, 3.63) is 29.8 Å². The summed E-state index contributed by atoms with van der Waals surface area (Å²) in [6, 6.07) is 7.55. The zero-order valence-electron chi connectivity index (χ0n) is 12.0. The molecule has 1 saturated heterocycles. The molecule has 1 aliphatic heterocycles. The van der Waals surface area contributed by atoms with Gasteiger partial charge >= 0.3 is 0 Å². The lowest BCUT2D eigenvalue weighted by atomic mass is 9.55. The van der Waals surface area contributed by atoms with E-state index in [-0.39, 0.29) is 11.7 Å². The molecule has 5 unspecified atom stereocenters. The zero-order valence-corrected chi connectivity index (χ0v) is 12.0. The van der Waals surface area contributed by atoms with Gasteiger partial charge in [-0.15, -0.1) is 0 Å². The molecule has 110 valence electrons. The minimum atomic E-state index is -0.0960. The summed E-state index contributed by atoms with van der Waals surface area (Å²) in [6.45, 7) is 0. The van der Waals surface area contributed by atoms with Crippen LogP contribution in [0.1, 0.15) is 43.8 Å². The van der Waals surface area contributed by atoms with Gasteiger partial charge in [-0.05, 0) is 78.9 Å². The second kappa shape index (κ2) is 3.31. The van der Waals surface area contributed by atoms with E-state index in [9.17, 15) is 5.11 Å². The van der Waals surface area contributed by atoms with Gasteiger partial charge in [0.15, 0.2) is 6.10 Å². The summed E-state index contributed by atoms with van der Waals surface area (Å²) in [7, 11) is 0. The maximum atomic E-state index is 9.78. The van der Waals surface area contributed by atoms with Crippen molar-refractivity contribution in [2.75, 3.05) is 0 Å². The highest BCUT2D eigenvalue weighted by molar-refractivity contribution is 5.34. The Morgan fingerprint density at radius 2 is 1.71 bits per heavy atom. The molecule has 0 aromatic heterocycles. The molecule has 0 radical (unpaired) electrons. The van der Waals surface area contributed by atoms with Crippen molar-refractivity contribution < 1.29 is 14.9 Å². The topological polar surface area (TPSA) is 38.7 Å². The Balaban J connectivity index is 1.45. The summed E-state index contributed by atoms with van der Waals surface area (Å²) in [5, 5.41) is 9.78. The second-order valence-corrected chi connectivity index (χ2v) is 8.14. The molecule has 4 saturated carbocycles. The number of rotatable bonds is 1. The molecule has 21 heavy (non-hydrogen) atoms. The summed E-state index contributed by atoms with van der Waals surface area (Å²) in [5.74, 6) is 3.57. The fourth-order valence-corrected chi connectivity index (χ4v) is 6.96. The van der Waals surface area contributed by atoms with Gasteiger partial charge in [0.1, 0.15) is 11.4 Å². The van der Waals surface area contributed by atoms with Crippen molar-refractivity contribution in [2.24, 2.45) is 29.1 Å². The Morgan fingerprint density at radius 3 is 2.33 bits per heavy atom. The van der Waals surface area contributed by atoms with Crippen LogP contribution in [0, 0.1) is 29.1 Å². The van der Waals surface area contributed by atoms with Gasteiger partial charge in [0, 0.05) is 0 Å². The molecule has 1 heterocycles. The lowest BCUT2D eigenvalue weighted by molar-refractivity contribution is -0.541. The lowest BCUT2D eigenvalue weighted by Gasteiger charge is -2.56. The molecule has 5 atom stereocenters. The average Bonchev–Trinajstić information content (AvgIpc) is 2.79. The number of benzene rings is 1. The van der Waals surface area contributed by atoms with E-state index in [4.69, 9.17) is 9.78 Å². The van der Waals surface area contributed by atoms with Crippen molar-refractivity contribution in [1.29, 1.82) is 0 Å². The first-order valence-electron chi connectivity index (χ1n) is 8.36. The Hall–Kier alpha value is -1.06. The Bertz CT molecular complexity index is 615. The van der Waals surface area contributed by atoms with Crippen LogP contribution in [0.25, 0.3) is 0 Å². The van der Waals surface area contributed by atoms with Crippen molar-refractivity contribution in [2.45, 2.75) is 43.8 Å². The van der Waals surface area contributed by atoms with Crippen LogP contribution in [0.3, 0.4) is 0 Å². The first-order chi connectivity index (χ1) is 10.2. The van der Waals surface area contributed by atoms with E-state index in [0.717, 1.165) is 17.4 Å². The van der Waals surface area contributed by atoms with Crippen molar-refractivity contribution in [3.63, 3.8) is 0 Å². The molecule has 0 amide bonds. The largest absolute Gasteiger partial charge is 0.508 e. The van der Waals surface area contributed by atoms with Gasteiger partial charge in [-0.2, -0.15) is 0 Å². The molecule has 2 spiro atoms. The number of hydrogen-bond acceptors (Lipinski definition) is 3. The standard InChI is InChI=1S/C18H20O3/c19-15-3-1-2-10(4-15)16-18(21-20-16)13-6-11-5-12-7-14(18)9-17(11,12)8-13/h1-4,11-14,16,19H,5-9H2. The summed E-state index contributed by atoms with van der Waals surface area (Å²) < 4.78 is 0. The molecular weight excluding hydrogens is 264 g/mol. The normalized spacial score (nSPS) is 55.3. The van der Waals surface area contributed by atoms with Gasteiger partial charge in [-0.25, -0.2) is 9.78 Å². The smallest absolute Gasteiger partial charge is 0.151 e. The summed E-state index contributed by atoms with van der Waals surface area (Å²) in [6.07, 6.45) is 6.89. The molecule has 5 fully saturated rings. The number of phenols is 1. The van der Waals surface area contributed by atoms with Crippen LogP contribution in [-0.2, 0) is 9.78 Å². The second-order valence-electron chi connectivity index (χ2n) is 8.14. The van der Waals surface area contributed by atoms with Crippen molar-refractivity contribution in [1.82, 2.24) is 0 Å². The van der Waals surface area contributed by atoms with Crippen LogP contribution < -0.4 is 0 Å². The van der Waals surface area contributed by atoms with E-state index < -0.39 is 0 Å². The third-order valence-electron chi connectivity index (χ3n) is 7.73. The molecule has 1 aromatic carbocycles. The fraction of sp³-hybridized carbons (Fsp3) is 0.667. The van der Waals surface area contributed by atoms with Crippen LogP contribution in [0.2, 0.25) is 0 Å². The fourth-order valence-electron chi connectivity index (χ4n) is 6.96. The molecule has 1 N–H and O–H groups in total. The molecule has 3 bridgehead atoms. The van der Waals surface area contributed by atoms with Crippen LogP contribution >= 0.6 is 0 Å². The van der Waals surface area contributed by atoms with Gasteiger partial charge in [0.25, 0.3) is 0 Å². The predicted octanol–water partition coefficient (Wildman–Crippen LogP) is 3.59. The van der Waals surface area contributed by atoms with Gasteiger partial charge < -0.3 is 5.11 Å². The maximum absolute atomic E-state index is 9.78. The maximum Gasteiger partial charge on any atom is 0.151 e. The molecule has 1 aromatic rings. The molecule has 6 rings (SSSR count). The summed E-state index contributed by atoms with van der Waals surface area (Å²) >= 11 is 0. The zero-order chi connectivity index (χ0) is 13.8. The summed E-state index contributed by atoms with van der Waals surface area (Å²) in [5.41, 5.74) is 1.69. The number of aromatic hydroxyl groups is 1. The molecule has 3 heteroatoms. The molecule has 5 aliphatic rings. The minimum Gasteiger partial charge on any atom is -0.508 e. The highest BCUT2D eigenvalue weighted by Gasteiger charge is 2.78. The van der Waals surface area contributed by atoms with E-state index in [0.29, 0.717) is 23.0 Å². The van der Waals surface area contributed by atoms with E-state index in [1.54, 1.807) is 6.07 Å². The van der Waals surface area contributed by atoms with Gasteiger partial charge in [-0.1, -0.05) is 12.1 Å². The number of phenolic OH excluding ortho intramolecular Hbond substituents is 1. The first kappa shape index (κ1) is 11.5. The Kier molecular flexibility index (Phi) is 1.81. The van der Waals surface area contributed by atoms with Gasteiger partial charge in [0.2, 0.25) is 0 Å². The van der Waals surface area contributed by atoms with Crippen LogP contribution in [-0.4, -0.2) is 10.7 Å². The Labute approximate surface area is 124 Å². The minimum absolute atomic E-state index is 0.0215. The third-order valence-corrected chi connectivity index (χ3v) is 7.73. The van der Waals surface area contributed by atoms with E-state index in [2.05, 4.69) is 6.07 Å². The first-order valence-corrected chi connectivity index (χ1v) is 8.36. The molecule has 3 nitrogen and oxygen atoms in total. The van der Waals surface area contributed by atoms with Crippen molar-refractivity contribution in [3.8, 4) is 5.75 Å². The van der Waals surface area contributed by atoms with Gasteiger partial charge in [0.05, 0.1) is 0 Å². The monoisotopic (exact) mass is 284 g/mol. The van der Waals surface area contributed by atoms with Crippen molar-refractivity contribution >= 4 is 0 Å². The van der Waals surface area contributed by atoms with Crippen LogP contribution in [0.5, 0.6) is 5.75 Å². The highest BCUT2D eigenvalue weighted by Crippen LogP contribution is 2.80. The van der Waals surface area contributed by atoms with Crippen LogP contribution in [0.15, 0.2) is 24.3 Å². The quantitative estimate of drug-likeness (QED) is 0.801. The van der Waals surface area contributed by atoms with E-state index >= 15 is 0 Å². The molecule has 4 aliphatic carbocycles. The summed E-state index contributed by atoms with van der Waals surface area (Å²) in [4.78, 5) is 11.5. The van der Waals surface area contributed by atoms with Crippen LogP contribution in [0.4, 0.5) is 0 Å². The predicted molar refractivity (Wildman–Crippen MR) is 75.2 cm³/mol. The third kappa shape index (κ3) is 1.08. The average molecular weight is 284 g/mol. The Morgan fingerprint density at radius 1 is 1.00 bits per heavy atom. The number of hydrogen-bond donors (Lipinski definition) is 1. The van der Waals surface area contributed by atoms with Gasteiger partial charge in [-0.3, -0.25) is 0 Å². The highest BCUT2D eigenvalue weighted by atomic mass is 17.3. The SMILES string of the molecule is Oc1cccc(C2OOC23C2CC4CC5CC3CC45C2)c1. The van der Waals surface area contributed by atoms with E-state index in [1.807, 2.05) is 12.1 Å². The number of fused-ring (bicyclic) bond motifs is 4.